The van der Waals surface area contributed by atoms with Crippen LogP contribution in [-0.2, 0) is 4.79 Å². The van der Waals surface area contributed by atoms with Gasteiger partial charge in [0.2, 0.25) is 0 Å². The van der Waals surface area contributed by atoms with Crippen molar-refractivity contribution in [3.8, 4) is 0 Å². The molecule has 0 unspecified atom stereocenters. The molecule has 0 spiro atoms. The standard InChI is InChI=1S/C8H13FO/c1-3-8(9)4-7(5-8)6(2)10/h7H,3-5H2,1-2H3. The Morgan fingerprint density at radius 1 is 1.70 bits per heavy atom. The molecular formula is C8H13FO. The van der Waals surface area contributed by atoms with E-state index in [1.165, 1.54) is 0 Å². The van der Waals surface area contributed by atoms with Crippen LogP contribution >= 0.6 is 0 Å². The second-order valence-corrected chi connectivity index (χ2v) is 3.22. The molecule has 0 aromatic rings. The molecule has 0 atom stereocenters. The van der Waals surface area contributed by atoms with Crippen LogP contribution in [0.5, 0.6) is 0 Å². The third-order valence-corrected chi connectivity index (χ3v) is 2.43. The highest BCUT2D eigenvalue weighted by Crippen LogP contribution is 2.43. The van der Waals surface area contributed by atoms with Gasteiger partial charge in [0.25, 0.3) is 0 Å². The van der Waals surface area contributed by atoms with Crippen LogP contribution in [0, 0.1) is 5.92 Å². The molecule has 10 heavy (non-hydrogen) atoms. The van der Waals surface area contributed by atoms with Gasteiger partial charge in [0.05, 0.1) is 0 Å². The van der Waals surface area contributed by atoms with E-state index in [0.717, 1.165) is 0 Å². The fourth-order valence-corrected chi connectivity index (χ4v) is 1.40. The molecule has 0 N–H and O–H groups in total. The SMILES string of the molecule is CCC1(F)CC(C(C)=O)C1. The summed E-state index contributed by atoms with van der Waals surface area (Å²) in [7, 11) is 0. The molecule has 0 amide bonds. The van der Waals surface area contributed by atoms with E-state index in [-0.39, 0.29) is 11.7 Å². The van der Waals surface area contributed by atoms with E-state index in [1.54, 1.807) is 6.92 Å². The van der Waals surface area contributed by atoms with Crippen LogP contribution in [0.25, 0.3) is 0 Å². The monoisotopic (exact) mass is 144 g/mol. The normalized spacial score (nSPS) is 38.9. The molecule has 0 heterocycles. The van der Waals surface area contributed by atoms with E-state index in [9.17, 15) is 9.18 Å². The lowest BCUT2D eigenvalue weighted by Crippen LogP contribution is -2.42. The number of halogens is 1. The highest BCUT2D eigenvalue weighted by atomic mass is 19.1. The molecule has 0 aromatic carbocycles. The van der Waals surface area contributed by atoms with Crippen LogP contribution in [0.1, 0.15) is 33.1 Å². The van der Waals surface area contributed by atoms with Crippen molar-refractivity contribution in [1.82, 2.24) is 0 Å². The Bertz CT molecular complexity index is 147. The van der Waals surface area contributed by atoms with E-state index in [2.05, 4.69) is 0 Å². The third-order valence-electron chi connectivity index (χ3n) is 2.43. The molecule has 58 valence electrons. The highest BCUT2D eigenvalue weighted by Gasteiger charge is 2.44. The van der Waals surface area contributed by atoms with Crippen molar-refractivity contribution < 1.29 is 9.18 Å². The molecule has 1 aliphatic carbocycles. The summed E-state index contributed by atoms with van der Waals surface area (Å²) in [4.78, 5) is 10.7. The summed E-state index contributed by atoms with van der Waals surface area (Å²) in [6.45, 7) is 3.37. The van der Waals surface area contributed by atoms with Gasteiger partial charge in [-0.25, -0.2) is 4.39 Å². The van der Waals surface area contributed by atoms with E-state index in [0.29, 0.717) is 19.3 Å². The van der Waals surface area contributed by atoms with Crippen molar-refractivity contribution in [2.45, 2.75) is 38.8 Å². The average Bonchev–Trinajstić information content (AvgIpc) is 1.80. The van der Waals surface area contributed by atoms with Crippen LogP contribution in [-0.4, -0.2) is 11.5 Å². The maximum Gasteiger partial charge on any atom is 0.133 e. The van der Waals surface area contributed by atoms with E-state index in [1.807, 2.05) is 6.92 Å². The van der Waals surface area contributed by atoms with Crippen LogP contribution in [0.2, 0.25) is 0 Å². The summed E-state index contributed by atoms with van der Waals surface area (Å²) in [5.41, 5.74) is -1.00. The zero-order valence-electron chi connectivity index (χ0n) is 6.48. The minimum absolute atomic E-state index is 0.0185. The van der Waals surface area contributed by atoms with Crippen molar-refractivity contribution in [1.29, 1.82) is 0 Å². The fourth-order valence-electron chi connectivity index (χ4n) is 1.40. The molecule has 0 aromatic heterocycles. The van der Waals surface area contributed by atoms with Crippen molar-refractivity contribution in [3.05, 3.63) is 0 Å². The summed E-state index contributed by atoms with van der Waals surface area (Å²) < 4.78 is 13.1. The van der Waals surface area contributed by atoms with E-state index < -0.39 is 5.67 Å². The number of Topliss-reactive ketones (excluding diaryl/α,β-unsaturated/α-hetero) is 1. The molecular weight excluding hydrogens is 131 g/mol. The zero-order valence-corrected chi connectivity index (χ0v) is 6.48. The predicted molar refractivity (Wildman–Crippen MR) is 37.5 cm³/mol. The molecule has 1 rings (SSSR count). The van der Waals surface area contributed by atoms with Gasteiger partial charge in [-0.3, -0.25) is 4.79 Å². The molecule has 1 saturated carbocycles. The molecule has 1 fully saturated rings. The summed E-state index contributed by atoms with van der Waals surface area (Å²) in [6.07, 6.45) is 1.47. The third kappa shape index (κ3) is 1.20. The Kier molecular flexibility index (Phi) is 1.80. The molecule has 0 bridgehead atoms. The Balaban J connectivity index is 2.36. The number of carbonyl (C=O) groups excluding carboxylic acids is 1. The molecule has 0 radical (unpaired) electrons. The molecule has 1 aliphatic rings. The summed E-state index contributed by atoms with van der Waals surface area (Å²) >= 11 is 0. The zero-order chi connectivity index (χ0) is 7.78. The summed E-state index contributed by atoms with van der Waals surface area (Å²) in [5, 5.41) is 0. The Labute approximate surface area is 60.6 Å². The summed E-state index contributed by atoms with van der Waals surface area (Å²) in [6, 6.07) is 0. The first kappa shape index (κ1) is 7.70. The smallest absolute Gasteiger partial charge is 0.133 e. The van der Waals surface area contributed by atoms with Gasteiger partial charge in [-0.15, -0.1) is 0 Å². The lowest BCUT2D eigenvalue weighted by atomic mass is 9.69. The van der Waals surface area contributed by atoms with Crippen molar-refractivity contribution in [2.75, 3.05) is 0 Å². The first-order valence-corrected chi connectivity index (χ1v) is 3.77. The lowest BCUT2D eigenvalue weighted by molar-refractivity contribution is -0.129. The molecule has 0 aliphatic heterocycles. The maximum atomic E-state index is 13.1. The van der Waals surface area contributed by atoms with Crippen LogP contribution in [0.3, 0.4) is 0 Å². The van der Waals surface area contributed by atoms with Crippen LogP contribution in [0.4, 0.5) is 4.39 Å². The molecule has 0 saturated heterocycles. The average molecular weight is 144 g/mol. The van der Waals surface area contributed by atoms with Crippen LogP contribution < -0.4 is 0 Å². The second-order valence-electron chi connectivity index (χ2n) is 3.22. The maximum absolute atomic E-state index is 13.1. The van der Waals surface area contributed by atoms with Gasteiger partial charge >= 0.3 is 0 Å². The number of alkyl halides is 1. The second kappa shape index (κ2) is 2.33. The van der Waals surface area contributed by atoms with E-state index >= 15 is 0 Å². The van der Waals surface area contributed by atoms with Crippen molar-refractivity contribution in [3.63, 3.8) is 0 Å². The topological polar surface area (TPSA) is 17.1 Å². The van der Waals surface area contributed by atoms with Gasteiger partial charge in [0.1, 0.15) is 11.5 Å². The predicted octanol–water partition coefficient (Wildman–Crippen LogP) is 2.10. The number of hydrogen-bond donors (Lipinski definition) is 0. The number of hydrogen-bond acceptors (Lipinski definition) is 1. The van der Waals surface area contributed by atoms with Gasteiger partial charge in [0.15, 0.2) is 0 Å². The van der Waals surface area contributed by atoms with Crippen LogP contribution in [0.15, 0.2) is 0 Å². The van der Waals surface area contributed by atoms with Crippen molar-refractivity contribution >= 4 is 5.78 Å². The van der Waals surface area contributed by atoms with Gasteiger partial charge in [-0.2, -0.15) is 0 Å². The quantitative estimate of drug-likeness (QED) is 0.580. The minimum atomic E-state index is -1.00. The Morgan fingerprint density at radius 2 is 2.20 bits per heavy atom. The van der Waals surface area contributed by atoms with Gasteiger partial charge < -0.3 is 0 Å². The highest BCUT2D eigenvalue weighted by molar-refractivity contribution is 5.79. The fraction of sp³-hybridized carbons (Fsp3) is 0.875. The Hall–Kier alpha value is -0.400. The molecule has 1 nitrogen and oxygen atoms in total. The first-order valence-electron chi connectivity index (χ1n) is 3.77. The summed E-state index contributed by atoms with van der Waals surface area (Å²) in [5.74, 6) is 0.159. The minimum Gasteiger partial charge on any atom is -0.300 e. The largest absolute Gasteiger partial charge is 0.300 e. The first-order chi connectivity index (χ1) is 4.57. The van der Waals surface area contributed by atoms with Gasteiger partial charge in [0, 0.05) is 5.92 Å². The van der Waals surface area contributed by atoms with Gasteiger partial charge in [-0.05, 0) is 26.2 Å². The number of carbonyl (C=O) groups is 1. The number of rotatable bonds is 2. The lowest BCUT2D eigenvalue weighted by Gasteiger charge is -2.39. The van der Waals surface area contributed by atoms with E-state index in [4.69, 9.17) is 0 Å². The number of ketones is 1. The Morgan fingerprint density at radius 3 is 2.50 bits per heavy atom. The van der Waals surface area contributed by atoms with Crippen molar-refractivity contribution in [2.24, 2.45) is 5.92 Å². The van der Waals surface area contributed by atoms with Gasteiger partial charge in [-0.1, -0.05) is 6.92 Å². The molecule has 2 heteroatoms.